The predicted molar refractivity (Wildman–Crippen MR) is 80.6 cm³/mol. The lowest BCUT2D eigenvalue weighted by Gasteiger charge is -2.20. The van der Waals surface area contributed by atoms with E-state index in [1.165, 1.54) is 10.4 Å². The highest BCUT2D eigenvalue weighted by Crippen LogP contribution is 2.22. The third-order valence-corrected chi connectivity index (χ3v) is 4.14. The van der Waals surface area contributed by atoms with Gasteiger partial charge in [-0.1, -0.05) is 5.16 Å². The van der Waals surface area contributed by atoms with Crippen molar-refractivity contribution in [2.75, 3.05) is 21.1 Å². The average molecular weight is 294 g/mol. The summed E-state index contributed by atoms with van der Waals surface area (Å²) in [5, 5.41) is 6.08. The Morgan fingerprint density at radius 1 is 1.30 bits per heavy atom. The van der Waals surface area contributed by atoms with Gasteiger partial charge in [0.05, 0.1) is 6.04 Å². The summed E-state index contributed by atoms with van der Waals surface area (Å²) < 4.78 is 5.24. The number of hydrogen-bond acceptors (Lipinski definition) is 6. The van der Waals surface area contributed by atoms with Crippen molar-refractivity contribution in [3.63, 3.8) is 0 Å². The van der Waals surface area contributed by atoms with Crippen LogP contribution in [0.2, 0.25) is 0 Å². The van der Waals surface area contributed by atoms with E-state index in [-0.39, 0.29) is 6.04 Å². The first-order valence-electron chi connectivity index (χ1n) is 6.67. The molecule has 2 rings (SSSR count). The van der Waals surface area contributed by atoms with Gasteiger partial charge in [0.1, 0.15) is 0 Å². The van der Waals surface area contributed by atoms with Crippen molar-refractivity contribution in [3.8, 4) is 0 Å². The lowest BCUT2D eigenvalue weighted by molar-refractivity contribution is 0.204. The molecule has 6 heteroatoms. The second kappa shape index (κ2) is 6.47. The molecule has 0 unspecified atom stereocenters. The van der Waals surface area contributed by atoms with Gasteiger partial charge in [-0.25, -0.2) is 0 Å². The second-order valence-corrected chi connectivity index (χ2v) is 6.43. The van der Waals surface area contributed by atoms with E-state index >= 15 is 0 Å². The summed E-state index contributed by atoms with van der Waals surface area (Å²) in [6.45, 7) is 5.80. The van der Waals surface area contributed by atoms with E-state index in [0.29, 0.717) is 11.7 Å². The normalized spacial score (nSPS) is 13.3. The van der Waals surface area contributed by atoms with E-state index in [1.807, 2.05) is 6.92 Å². The molecular formula is C14H22N4OS. The van der Waals surface area contributed by atoms with E-state index in [2.05, 4.69) is 59.5 Å². The van der Waals surface area contributed by atoms with Gasteiger partial charge in [0.25, 0.3) is 0 Å². The first-order chi connectivity index (χ1) is 9.45. The highest BCUT2D eigenvalue weighted by molar-refractivity contribution is 7.10. The minimum atomic E-state index is 0.121. The van der Waals surface area contributed by atoms with Crippen LogP contribution in [0.5, 0.6) is 0 Å². The molecule has 0 amide bonds. The van der Waals surface area contributed by atoms with Gasteiger partial charge in [-0.15, -0.1) is 11.3 Å². The highest BCUT2D eigenvalue weighted by atomic mass is 32.1. The van der Waals surface area contributed by atoms with E-state index in [0.717, 1.165) is 13.1 Å². The Hall–Kier alpha value is -1.24. The van der Waals surface area contributed by atoms with Crippen molar-refractivity contribution in [2.24, 2.45) is 0 Å². The molecule has 5 nitrogen and oxygen atoms in total. The van der Waals surface area contributed by atoms with Gasteiger partial charge in [0.2, 0.25) is 5.89 Å². The average Bonchev–Trinajstić information content (AvgIpc) is 2.97. The molecule has 0 saturated heterocycles. The van der Waals surface area contributed by atoms with Gasteiger partial charge in [-0.05, 0) is 52.0 Å². The maximum absolute atomic E-state index is 5.24. The molecule has 0 aliphatic rings. The molecule has 2 aromatic rings. The molecule has 1 atom stereocenters. The molecular weight excluding hydrogens is 272 g/mol. The van der Waals surface area contributed by atoms with Crippen LogP contribution in [-0.4, -0.2) is 41.1 Å². The summed E-state index contributed by atoms with van der Waals surface area (Å²) in [7, 11) is 6.25. The number of nitrogens with zero attached hydrogens (tertiary/aromatic N) is 4. The molecule has 2 aromatic heterocycles. The van der Waals surface area contributed by atoms with Gasteiger partial charge in [0.15, 0.2) is 5.82 Å². The lowest BCUT2D eigenvalue weighted by Crippen LogP contribution is -2.21. The zero-order chi connectivity index (χ0) is 14.7. The number of aromatic nitrogens is 2. The molecule has 0 aromatic carbocycles. The van der Waals surface area contributed by atoms with Gasteiger partial charge in [-0.3, -0.25) is 4.90 Å². The highest BCUT2D eigenvalue weighted by Gasteiger charge is 2.18. The van der Waals surface area contributed by atoms with Crippen LogP contribution in [0.25, 0.3) is 0 Å². The van der Waals surface area contributed by atoms with Crippen LogP contribution < -0.4 is 0 Å². The third-order valence-electron chi connectivity index (χ3n) is 3.17. The Balaban J connectivity index is 1.96. The molecule has 0 saturated carbocycles. The largest absolute Gasteiger partial charge is 0.338 e. The SMILES string of the molecule is Cc1noc([C@@H](C)N(C)Cc2cc(CN(C)C)cs2)n1. The molecule has 0 aliphatic heterocycles. The molecule has 2 heterocycles. The fraction of sp³-hybridized carbons (Fsp3) is 0.571. The van der Waals surface area contributed by atoms with Gasteiger partial charge >= 0.3 is 0 Å². The Bertz CT molecular complexity index is 549. The summed E-state index contributed by atoms with van der Waals surface area (Å²) in [4.78, 5) is 10.0. The molecule has 0 aliphatic carbocycles. The van der Waals surface area contributed by atoms with Crippen LogP contribution in [0.3, 0.4) is 0 Å². The molecule has 0 fully saturated rings. The van der Waals surface area contributed by atoms with Gasteiger partial charge in [-0.2, -0.15) is 4.98 Å². The van der Waals surface area contributed by atoms with E-state index < -0.39 is 0 Å². The maximum atomic E-state index is 5.24. The Morgan fingerprint density at radius 2 is 2.05 bits per heavy atom. The molecule has 0 N–H and O–H groups in total. The lowest BCUT2D eigenvalue weighted by atomic mass is 10.2. The number of aryl methyl sites for hydroxylation is 1. The van der Waals surface area contributed by atoms with Crippen molar-refractivity contribution in [1.29, 1.82) is 0 Å². The smallest absolute Gasteiger partial charge is 0.243 e. The van der Waals surface area contributed by atoms with Crippen LogP contribution in [0.15, 0.2) is 16.0 Å². The quantitative estimate of drug-likeness (QED) is 0.819. The Kier molecular flexibility index (Phi) is 4.91. The van der Waals surface area contributed by atoms with Crippen molar-refractivity contribution in [2.45, 2.75) is 33.0 Å². The predicted octanol–water partition coefficient (Wildman–Crippen LogP) is 2.69. The summed E-state index contributed by atoms with van der Waals surface area (Å²) in [6.07, 6.45) is 0. The summed E-state index contributed by atoms with van der Waals surface area (Å²) >= 11 is 1.80. The third kappa shape index (κ3) is 3.88. The van der Waals surface area contributed by atoms with Gasteiger partial charge in [0, 0.05) is 18.0 Å². The molecule has 0 bridgehead atoms. The van der Waals surface area contributed by atoms with Crippen LogP contribution in [0, 0.1) is 6.92 Å². The Morgan fingerprint density at radius 3 is 2.65 bits per heavy atom. The van der Waals surface area contributed by atoms with Gasteiger partial charge < -0.3 is 9.42 Å². The minimum absolute atomic E-state index is 0.121. The zero-order valence-corrected chi connectivity index (χ0v) is 13.6. The first-order valence-corrected chi connectivity index (χ1v) is 7.55. The van der Waals surface area contributed by atoms with Crippen LogP contribution in [-0.2, 0) is 13.1 Å². The van der Waals surface area contributed by atoms with Crippen molar-refractivity contribution < 1.29 is 4.52 Å². The number of thiophene rings is 1. The fourth-order valence-electron chi connectivity index (χ4n) is 2.01. The maximum Gasteiger partial charge on any atom is 0.243 e. The summed E-state index contributed by atoms with van der Waals surface area (Å²) in [5.74, 6) is 1.36. The second-order valence-electron chi connectivity index (χ2n) is 5.43. The topological polar surface area (TPSA) is 45.4 Å². The van der Waals surface area contributed by atoms with Crippen molar-refractivity contribution >= 4 is 11.3 Å². The van der Waals surface area contributed by atoms with Crippen molar-refractivity contribution in [1.82, 2.24) is 19.9 Å². The van der Waals surface area contributed by atoms with E-state index in [1.54, 1.807) is 11.3 Å². The van der Waals surface area contributed by atoms with E-state index in [4.69, 9.17) is 4.52 Å². The molecule has 0 radical (unpaired) electrons. The molecule has 20 heavy (non-hydrogen) atoms. The van der Waals surface area contributed by atoms with Crippen LogP contribution in [0.4, 0.5) is 0 Å². The van der Waals surface area contributed by atoms with Crippen LogP contribution >= 0.6 is 11.3 Å². The van der Waals surface area contributed by atoms with Crippen LogP contribution in [0.1, 0.15) is 35.1 Å². The molecule has 110 valence electrons. The summed E-state index contributed by atoms with van der Waals surface area (Å²) in [5.41, 5.74) is 1.37. The first kappa shape index (κ1) is 15.2. The number of rotatable bonds is 6. The number of hydrogen-bond donors (Lipinski definition) is 0. The minimum Gasteiger partial charge on any atom is -0.338 e. The monoisotopic (exact) mass is 294 g/mol. The van der Waals surface area contributed by atoms with E-state index in [9.17, 15) is 0 Å². The fourth-order valence-corrected chi connectivity index (χ4v) is 2.95. The van der Waals surface area contributed by atoms with Crippen molar-refractivity contribution in [3.05, 3.63) is 33.6 Å². The molecule has 0 spiro atoms. The zero-order valence-electron chi connectivity index (χ0n) is 12.8. The summed E-state index contributed by atoms with van der Waals surface area (Å²) in [6, 6.07) is 2.39. The standard InChI is InChI=1S/C14H22N4OS/c1-10(14-15-11(2)16-19-14)18(5)8-13-6-12(9-20-13)7-17(3)4/h6,9-10H,7-8H2,1-5H3/t10-/m1/s1. The Labute approximate surface area is 124 Å².